The van der Waals surface area contributed by atoms with Crippen LogP contribution in [0.15, 0.2) is 71.9 Å². The average Bonchev–Trinajstić information content (AvgIpc) is 2.86. The highest BCUT2D eigenvalue weighted by Crippen LogP contribution is 2.39. The summed E-state index contributed by atoms with van der Waals surface area (Å²) < 4.78 is 38.9. The minimum absolute atomic E-state index is 0.0803. The van der Waals surface area contributed by atoms with Crippen molar-refractivity contribution in [3.05, 3.63) is 94.5 Å². The molecule has 9 nitrogen and oxygen atoms in total. The Morgan fingerprint density at radius 2 is 1.83 bits per heavy atom. The number of aromatic amines is 1. The molecule has 1 aliphatic heterocycles. The lowest BCUT2D eigenvalue weighted by Gasteiger charge is -2.19. The van der Waals surface area contributed by atoms with Crippen molar-refractivity contribution in [3.8, 4) is 28.4 Å². The van der Waals surface area contributed by atoms with Crippen molar-refractivity contribution >= 4 is 23.3 Å². The molecule has 2 aromatic carbocycles. The SMILES string of the molecule is O=C1COc2c(Oc3ccc(NC(=O)c4c[nH]cc(-c5ccc(F)cc5)c4=O)cc3F)ccnc2N1. The van der Waals surface area contributed by atoms with Crippen LogP contribution in [0.4, 0.5) is 20.3 Å². The van der Waals surface area contributed by atoms with Crippen molar-refractivity contribution in [2.45, 2.75) is 0 Å². The number of aromatic nitrogens is 2. The van der Waals surface area contributed by atoms with Gasteiger partial charge in [-0.05, 0) is 29.8 Å². The molecule has 36 heavy (non-hydrogen) atoms. The van der Waals surface area contributed by atoms with Crippen LogP contribution >= 0.6 is 0 Å². The number of hydrogen-bond acceptors (Lipinski definition) is 6. The third kappa shape index (κ3) is 4.49. The van der Waals surface area contributed by atoms with Crippen molar-refractivity contribution < 1.29 is 27.8 Å². The first-order valence-electron chi connectivity index (χ1n) is 10.6. The fourth-order valence-corrected chi connectivity index (χ4v) is 3.52. The number of hydrogen-bond donors (Lipinski definition) is 3. The van der Waals surface area contributed by atoms with E-state index < -0.39 is 23.0 Å². The molecule has 0 unspecified atom stereocenters. The molecular formula is C25H16F2N4O5. The third-order valence-corrected chi connectivity index (χ3v) is 5.23. The minimum Gasteiger partial charge on any atom is -0.476 e. The van der Waals surface area contributed by atoms with Gasteiger partial charge in [-0.25, -0.2) is 13.8 Å². The molecule has 0 saturated heterocycles. The highest BCUT2D eigenvalue weighted by molar-refractivity contribution is 6.04. The Balaban J connectivity index is 1.35. The molecule has 4 aromatic rings. The Bertz CT molecular complexity index is 1550. The predicted molar refractivity (Wildman–Crippen MR) is 125 cm³/mol. The van der Waals surface area contributed by atoms with Gasteiger partial charge in [0, 0.05) is 42.0 Å². The van der Waals surface area contributed by atoms with Gasteiger partial charge in [-0.3, -0.25) is 14.4 Å². The Kier molecular flexibility index (Phi) is 5.87. The number of amides is 2. The zero-order valence-electron chi connectivity index (χ0n) is 18.3. The first-order chi connectivity index (χ1) is 17.4. The molecule has 3 N–H and O–H groups in total. The maximum atomic E-state index is 14.8. The highest BCUT2D eigenvalue weighted by Gasteiger charge is 2.22. The molecule has 0 spiro atoms. The van der Waals surface area contributed by atoms with Crippen molar-refractivity contribution in [2.24, 2.45) is 0 Å². The first-order valence-corrected chi connectivity index (χ1v) is 10.6. The van der Waals surface area contributed by atoms with Crippen LogP contribution < -0.4 is 25.5 Å². The number of anilines is 2. The number of carbonyl (C=O) groups excluding carboxylic acids is 2. The molecule has 2 amide bonds. The van der Waals surface area contributed by atoms with Crippen molar-refractivity contribution in [1.29, 1.82) is 0 Å². The summed E-state index contributed by atoms with van der Waals surface area (Å²) in [4.78, 5) is 43.8. The maximum Gasteiger partial charge on any atom is 0.263 e. The second kappa shape index (κ2) is 9.29. The Morgan fingerprint density at radius 1 is 1.03 bits per heavy atom. The van der Waals surface area contributed by atoms with E-state index in [4.69, 9.17) is 9.47 Å². The van der Waals surface area contributed by atoms with Crippen LogP contribution in [0.2, 0.25) is 0 Å². The number of halogens is 2. The third-order valence-electron chi connectivity index (χ3n) is 5.23. The van der Waals surface area contributed by atoms with Crippen LogP contribution in [-0.4, -0.2) is 28.4 Å². The Morgan fingerprint density at radius 3 is 2.61 bits per heavy atom. The summed E-state index contributed by atoms with van der Waals surface area (Å²) in [5.41, 5.74) is -0.0944. The van der Waals surface area contributed by atoms with Gasteiger partial charge >= 0.3 is 0 Å². The molecule has 0 radical (unpaired) electrons. The van der Waals surface area contributed by atoms with Gasteiger partial charge in [-0.15, -0.1) is 0 Å². The number of ether oxygens (including phenoxy) is 2. The first kappa shape index (κ1) is 22.7. The number of rotatable bonds is 5. The minimum atomic E-state index is -0.799. The second-order valence-electron chi connectivity index (χ2n) is 7.64. The summed E-state index contributed by atoms with van der Waals surface area (Å²) in [6.45, 7) is -0.232. The summed E-state index contributed by atoms with van der Waals surface area (Å²) in [7, 11) is 0. The summed E-state index contributed by atoms with van der Waals surface area (Å²) >= 11 is 0. The second-order valence-corrected chi connectivity index (χ2v) is 7.64. The summed E-state index contributed by atoms with van der Waals surface area (Å²) in [5, 5.41) is 5.00. The number of fused-ring (bicyclic) bond motifs is 1. The molecule has 5 rings (SSSR count). The molecule has 11 heteroatoms. The van der Waals surface area contributed by atoms with Crippen LogP contribution in [0.1, 0.15) is 10.4 Å². The van der Waals surface area contributed by atoms with Gasteiger partial charge in [0.15, 0.2) is 29.7 Å². The molecule has 3 heterocycles. The van der Waals surface area contributed by atoms with Gasteiger partial charge in [-0.2, -0.15) is 0 Å². The molecule has 2 aromatic heterocycles. The van der Waals surface area contributed by atoms with Crippen LogP contribution in [0, 0.1) is 11.6 Å². The number of H-pyrrole nitrogens is 1. The summed E-state index contributed by atoms with van der Waals surface area (Å²) in [5.74, 6) is -2.11. The maximum absolute atomic E-state index is 14.8. The van der Waals surface area contributed by atoms with Crippen LogP contribution in [-0.2, 0) is 4.79 Å². The average molecular weight is 490 g/mol. The molecule has 0 bridgehead atoms. The number of pyridine rings is 2. The lowest BCUT2D eigenvalue weighted by atomic mass is 10.0. The summed E-state index contributed by atoms with van der Waals surface area (Å²) in [6.07, 6.45) is 4.00. The van der Waals surface area contributed by atoms with E-state index in [1.807, 2.05) is 0 Å². The predicted octanol–water partition coefficient (Wildman–Crippen LogP) is 4.09. The van der Waals surface area contributed by atoms with E-state index in [1.54, 1.807) is 0 Å². The molecule has 180 valence electrons. The summed E-state index contributed by atoms with van der Waals surface area (Å²) in [6, 6.07) is 10.4. The van der Waals surface area contributed by atoms with Crippen LogP contribution in [0.3, 0.4) is 0 Å². The van der Waals surface area contributed by atoms with Crippen LogP contribution in [0.25, 0.3) is 11.1 Å². The van der Waals surface area contributed by atoms with Gasteiger partial charge in [0.2, 0.25) is 11.2 Å². The van der Waals surface area contributed by atoms with Gasteiger partial charge < -0.3 is 25.1 Å². The zero-order chi connectivity index (χ0) is 25.2. The monoisotopic (exact) mass is 490 g/mol. The van der Waals surface area contributed by atoms with E-state index in [1.165, 1.54) is 61.1 Å². The van der Waals surface area contributed by atoms with Crippen molar-refractivity contribution in [2.75, 3.05) is 17.2 Å². The molecular weight excluding hydrogens is 474 g/mol. The fourth-order valence-electron chi connectivity index (χ4n) is 3.52. The fraction of sp³-hybridized carbons (Fsp3) is 0.0400. The molecule has 0 atom stereocenters. The van der Waals surface area contributed by atoms with Gasteiger partial charge in [0.25, 0.3) is 11.8 Å². The highest BCUT2D eigenvalue weighted by atomic mass is 19.1. The van der Waals surface area contributed by atoms with Crippen molar-refractivity contribution in [3.63, 3.8) is 0 Å². The van der Waals surface area contributed by atoms with E-state index in [9.17, 15) is 23.2 Å². The lowest BCUT2D eigenvalue weighted by molar-refractivity contribution is -0.118. The van der Waals surface area contributed by atoms with E-state index in [2.05, 4.69) is 20.6 Å². The van der Waals surface area contributed by atoms with Gasteiger partial charge in [-0.1, -0.05) is 12.1 Å². The molecule has 0 fully saturated rings. The van der Waals surface area contributed by atoms with E-state index in [0.717, 1.165) is 6.07 Å². The smallest absolute Gasteiger partial charge is 0.263 e. The van der Waals surface area contributed by atoms with E-state index >= 15 is 0 Å². The Labute approximate surface area is 201 Å². The normalized spacial score (nSPS) is 12.2. The molecule has 1 aliphatic rings. The van der Waals surface area contributed by atoms with Crippen molar-refractivity contribution in [1.82, 2.24) is 9.97 Å². The number of nitrogens with zero attached hydrogens (tertiary/aromatic N) is 1. The van der Waals surface area contributed by atoms with E-state index in [0.29, 0.717) is 5.56 Å². The van der Waals surface area contributed by atoms with Crippen LogP contribution in [0.5, 0.6) is 17.2 Å². The quantitative estimate of drug-likeness (QED) is 0.387. The lowest BCUT2D eigenvalue weighted by Crippen LogP contribution is -2.26. The van der Waals surface area contributed by atoms with Gasteiger partial charge in [0.1, 0.15) is 11.4 Å². The Hall–Kier alpha value is -5.06. The van der Waals surface area contributed by atoms with E-state index in [-0.39, 0.29) is 52.4 Å². The standard InChI is InChI=1S/C25H16F2N4O5/c26-14-3-1-13(2-4-14)16-10-28-11-17(22(16)33)25(34)30-15-5-6-19(18(27)9-15)36-20-7-8-29-24-23(20)35-12-21(32)31-24/h1-11H,12H2,(H,28,33)(H,30,34)(H,29,31,32). The number of carbonyl (C=O) groups is 2. The largest absolute Gasteiger partial charge is 0.476 e. The number of nitrogens with one attached hydrogen (secondary N) is 3. The topological polar surface area (TPSA) is 122 Å². The molecule has 0 saturated carbocycles. The van der Waals surface area contributed by atoms with Gasteiger partial charge in [0.05, 0.1) is 0 Å². The zero-order valence-corrected chi connectivity index (χ0v) is 18.3. The number of benzene rings is 2. The molecule has 0 aliphatic carbocycles.